The predicted octanol–water partition coefficient (Wildman–Crippen LogP) is 2.30. The minimum absolute atomic E-state index is 0.370. The van der Waals surface area contributed by atoms with Crippen molar-refractivity contribution in [2.24, 2.45) is 0 Å². The van der Waals surface area contributed by atoms with Gasteiger partial charge >= 0.3 is 5.97 Å². The maximum atomic E-state index is 11.3. The molecule has 0 saturated carbocycles. The molecule has 76 valence electrons. The standard InChI is InChI=1S/C11H15NO2/c1-7(2)9-5-6-12-10(8(9)3)11(13)14-4/h5-7H,1-4H3. The molecule has 14 heavy (non-hydrogen) atoms. The van der Waals surface area contributed by atoms with E-state index in [9.17, 15) is 4.79 Å². The molecular weight excluding hydrogens is 178 g/mol. The van der Waals surface area contributed by atoms with E-state index in [4.69, 9.17) is 0 Å². The molecule has 0 radical (unpaired) electrons. The molecule has 0 atom stereocenters. The fourth-order valence-electron chi connectivity index (χ4n) is 1.48. The number of pyridine rings is 1. The van der Waals surface area contributed by atoms with Crippen LogP contribution in [0.2, 0.25) is 0 Å². The molecular formula is C11H15NO2. The third-order valence-corrected chi connectivity index (χ3v) is 2.25. The highest BCUT2D eigenvalue weighted by atomic mass is 16.5. The lowest BCUT2D eigenvalue weighted by Crippen LogP contribution is -2.09. The van der Waals surface area contributed by atoms with Crippen molar-refractivity contribution in [2.45, 2.75) is 26.7 Å². The summed E-state index contributed by atoms with van der Waals surface area (Å²) >= 11 is 0. The number of esters is 1. The normalized spacial score (nSPS) is 10.4. The second kappa shape index (κ2) is 4.22. The average molecular weight is 193 g/mol. The van der Waals surface area contributed by atoms with Crippen molar-refractivity contribution in [3.05, 3.63) is 29.1 Å². The maximum Gasteiger partial charge on any atom is 0.356 e. The van der Waals surface area contributed by atoms with Gasteiger partial charge in [0.2, 0.25) is 0 Å². The van der Waals surface area contributed by atoms with Crippen molar-refractivity contribution in [2.75, 3.05) is 7.11 Å². The van der Waals surface area contributed by atoms with E-state index in [0.717, 1.165) is 11.1 Å². The first-order valence-corrected chi connectivity index (χ1v) is 4.61. The van der Waals surface area contributed by atoms with Crippen LogP contribution in [0.1, 0.15) is 41.4 Å². The van der Waals surface area contributed by atoms with E-state index in [2.05, 4.69) is 23.6 Å². The SMILES string of the molecule is COC(=O)c1nccc(C(C)C)c1C. The summed E-state index contributed by atoms with van der Waals surface area (Å²) < 4.78 is 4.65. The van der Waals surface area contributed by atoms with Gasteiger partial charge in [-0.3, -0.25) is 0 Å². The van der Waals surface area contributed by atoms with Crippen LogP contribution in [0.15, 0.2) is 12.3 Å². The predicted molar refractivity (Wildman–Crippen MR) is 54.4 cm³/mol. The Kier molecular flexibility index (Phi) is 3.23. The Morgan fingerprint density at radius 1 is 1.50 bits per heavy atom. The third-order valence-electron chi connectivity index (χ3n) is 2.25. The second-order valence-corrected chi connectivity index (χ2v) is 3.52. The van der Waals surface area contributed by atoms with E-state index < -0.39 is 0 Å². The third kappa shape index (κ3) is 1.92. The zero-order chi connectivity index (χ0) is 10.7. The molecule has 1 heterocycles. The largest absolute Gasteiger partial charge is 0.464 e. The van der Waals surface area contributed by atoms with Crippen molar-refractivity contribution in [3.8, 4) is 0 Å². The molecule has 3 nitrogen and oxygen atoms in total. The Morgan fingerprint density at radius 2 is 2.14 bits per heavy atom. The molecule has 1 aromatic rings. The number of aromatic nitrogens is 1. The Bertz CT molecular complexity index is 345. The molecule has 0 unspecified atom stereocenters. The Labute approximate surface area is 84.1 Å². The summed E-state index contributed by atoms with van der Waals surface area (Å²) in [4.78, 5) is 15.3. The van der Waals surface area contributed by atoms with Gasteiger partial charge in [0.05, 0.1) is 7.11 Å². The van der Waals surface area contributed by atoms with Gasteiger partial charge in [0.25, 0.3) is 0 Å². The van der Waals surface area contributed by atoms with E-state index in [0.29, 0.717) is 11.6 Å². The van der Waals surface area contributed by atoms with Crippen molar-refractivity contribution >= 4 is 5.97 Å². The molecule has 0 spiro atoms. The molecule has 1 rings (SSSR count). The number of nitrogens with zero attached hydrogens (tertiary/aromatic N) is 1. The van der Waals surface area contributed by atoms with Crippen molar-refractivity contribution < 1.29 is 9.53 Å². The van der Waals surface area contributed by atoms with Crippen molar-refractivity contribution in [1.82, 2.24) is 4.98 Å². The zero-order valence-corrected chi connectivity index (χ0v) is 9.00. The fraction of sp³-hybridized carbons (Fsp3) is 0.455. The first kappa shape index (κ1) is 10.7. The van der Waals surface area contributed by atoms with Gasteiger partial charge in [-0.1, -0.05) is 13.8 Å². The molecule has 0 saturated heterocycles. The van der Waals surface area contributed by atoms with E-state index in [1.54, 1.807) is 6.20 Å². The molecule has 0 aliphatic carbocycles. The summed E-state index contributed by atoms with van der Waals surface area (Å²) in [5.41, 5.74) is 2.47. The number of methoxy groups -OCH3 is 1. The molecule has 0 bridgehead atoms. The van der Waals surface area contributed by atoms with Crippen LogP contribution >= 0.6 is 0 Å². The van der Waals surface area contributed by atoms with Crippen LogP contribution < -0.4 is 0 Å². The Balaban J connectivity index is 3.20. The van der Waals surface area contributed by atoms with Crippen molar-refractivity contribution in [3.63, 3.8) is 0 Å². The zero-order valence-electron chi connectivity index (χ0n) is 9.00. The van der Waals surface area contributed by atoms with Gasteiger partial charge in [0, 0.05) is 6.20 Å². The maximum absolute atomic E-state index is 11.3. The van der Waals surface area contributed by atoms with Crippen LogP contribution in [0.3, 0.4) is 0 Å². The number of hydrogen-bond acceptors (Lipinski definition) is 3. The smallest absolute Gasteiger partial charge is 0.356 e. The fourth-order valence-corrected chi connectivity index (χ4v) is 1.48. The molecule has 3 heteroatoms. The molecule has 0 fully saturated rings. The summed E-state index contributed by atoms with van der Waals surface area (Å²) in [5, 5.41) is 0. The topological polar surface area (TPSA) is 39.2 Å². The van der Waals surface area contributed by atoms with E-state index in [1.165, 1.54) is 7.11 Å². The van der Waals surface area contributed by atoms with Crippen LogP contribution in [0, 0.1) is 6.92 Å². The summed E-state index contributed by atoms with van der Waals surface area (Å²) in [5.74, 6) is 0.0198. The molecule has 0 aromatic carbocycles. The summed E-state index contributed by atoms with van der Waals surface area (Å²) in [6, 6.07) is 1.94. The van der Waals surface area contributed by atoms with Gasteiger partial charge < -0.3 is 4.74 Å². The monoisotopic (exact) mass is 193 g/mol. The van der Waals surface area contributed by atoms with Gasteiger partial charge in [-0.2, -0.15) is 0 Å². The molecule has 1 aromatic heterocycles. The van der Waals surface area contributed by atoms with Crippen LogP contribution in [-0.2, 0) is 4.74 Å². The number of ether oxygens (including phenoxy) is 1. The minimum atomic E-state index is -0.370. The highest BCUT2D eigenvalue weighted by molar-refractivity contribution is 5.89. The lowest BCUT2D eigenvalue weighted by Gasteiger charge is -2.11. The van der Waals surface area contributed by atoms with Crippen LogP contribution in [0.5, 0.6) is 0 Å². The summed E-state index contributed by atoms with van der Waals surface area (Å²) in [6.07, 6.45) is 1.65. The summed E-state index contributed by atoms with van der Waals surface area (Å²) in [6.45, 7) is 6.07. The van der Waals surface area contributed by atoms with Crippen LogP contribution in [-0.4, -0.2) is 18.1 Å². The van der Waals surface area contributed by atoms with Gasteiger partial charge in [-0.25, -0.2) is 9.78 Å². The molecule has 0 amide bonds. The first-order chi connectivity index (χ1) is 6.57. The van der Waals surface area contributed by atoms with Gasteiger partial charge in [0.1, 0.15) is 0 Å². The number of hydrogen-bond donors (Lipinski definition) is 0. The molecule has 0 N–H and O–H groups in total. The lowest BCUT2D eigenvalue weighted by molar-refractivity contribution is 0.0593. The van der Waals surface area contributed by atoms with Crippen LogP contribution in [0.25, 0.3) is 0 Å². The van der Waals surface area contributed by atoms with Gasteiger partial charge in [-0.05, 0) is 30.0 Å². The van der Waals surface area contributed by atoms with Gasteiger partial charge in [0.15, 0.2) is 5.69 Å². The Hall–Kier alpha value is -1.38. The van der Waals surface area contributed by atoms with E-state index in [1.807, 2.05) is 13.0 Å². The Morgan fingerprint density at radius 3 is 2.64 bits per heavy atom. The summed E-state index contributed by atoms with van der Waals surface area (Å²) in [7, 11) is 1.37. The van der Waals surface area contributed by atoms with E-state index in [-0.39, 0.29) is 5.97 Å². The molecule has 0 aliphatic rings. The van der Waals surface area contributed by atoms with E-state index >= 15 is 0 Å². The van der Waals surface area contributed by atoms with Crippen LogP contribution in [0.4, 0.5) is 0 Å². The number of rotatable bonds is 2. The first-order valence-electron chi connectivity index (χ1n) is 4.61. The van der Waals surface area contributed by atoms with Gasteiger partial charge in [-0.15, -0.1) is 0 Å². The van der Waals surface area contributed by atoms with Crippen molar-refractivity contribution in [1.29, 1.82) is 0 Å². The average Bonchev–Trinajstić information content (AvgIpc) is 2.16. The highest BCUT2D eigenvalue weighted by Crippen LogP contribution is 2.20. The molecule has 0 aliphatic heterocycles. The highest BCUT2D eigenvalue weighted by Gasteiger charge is 2.14. The number of carbonyl (C=O) groups is 1. The quantitative estimate of drug-likeness (QED) is 0.676. The number of carbonyl (C=O) groups excluding carboxylic acids is 1. The lowest BCUT2D eigenvalue weighted by atomic mass is 9.98. The second-order valence-electron chi connectivity index (χ2n) is 3.52. The minimum Gasteiger partial charge on any atom is -0.464 e.